The number of hydrogen-bond acceptors (Lipinski definition) is 4. The molecule has 0 radical (unpaired) electrons. The van der Waals surface area contributed by atoms with Crippen LogP contribution in [-0.2, 0) is 9.84 Å². The van der Waals surface area contributed by atoms with Gasteiger partial charge in [0.05, 0.1) is 9.82 Å². The summed E-state index contributed by atoms with van der Waals surface area (Å²) in [5.74, 6) is 0. The van der Waals surface area contributed by atoms with Gasteiger partial charge in [-0.15, -0.1) is 0 Å². The molecule has 5 nitrogen and oxygen atoms in total. The fourth-order valence-electron chi connectivity index (χ4n) is 2.21. The minimum Gasteiger partial charge on any atom is -0.258 e. The van der Waals surface area contributed by atoms with Crippen molar-refractivity contribution in [3.8, 4) is 11.1 Å². The van der Waals surface area contributed by atoms with E-state index in [0.717, 1.165) is 0 Å². The summed E-state index contributed by atoms with van der Waals surface area (Å²) in [5, 5.41) is 11.0. The van der Waals surface area contributed by atoms with Crippen LogP contribution in [0.5, 0.6) is 0 Å². The number of nitro benzene ring substituents is 1. The lowest BCUT2D eigenvalue weighted by molar-refractivity contribution is -0.387. The van der Waals surface area contributed by atoms with Gasteiger partial charge in [0.1, 0.15) is 0 Å². The largest absolute Gasteiger partial charge is 0.288 e. The predicted octanol–water partition coefficient (Wildman–Crippen LogP) is 3.17. The van der Waals surface area contributed by atoms with Crippen molar-refractivity contribution in [3.05, 3.63) is 51.0 Å². The maximum atomic E-state index is 12.4. The van der Waals surface area contributed by atoms with E-state index in [9.17, 15) is 18.5 Å². The Morgan fingerprint density at radius 2 is 1.84 bits per heavy atom. The number of nitro groups is 1. The quantitative estimate of drug-likeness (QED) is 0.504. The van der Waals surface area contributed by atoms with Gasteiger partial charge in [-0.1, -0.05) is 34.1 Å². The Morgan fingerprint density at radius 1 is 1.11 bits per heavy atom. The van der Waals surface area contributed by atoms with E-state index >= 15 is 0 Å². The molecule has 1 aliphatic rings. The zero-order chi connectivity index (χ0) is 13.8. The Morgan fingerprint density at radius 3 is 2.53 bits per heavy atom. The summed E-state index contributed by atoms with van der Waals surface area (Å²) in [6.45, 7) is 0. The molecule has 0 spiro atoms. The zero-order valence-corrected chi connectivity index (χ0v) is 11.7. The first-order valence-corrected chi connectivity index (χ1v) is 7.53. The lowest BCUT2D eigenvalue weighted by Gasteiger charge is -1.99. The molecule has 3 rings (SSSR count). The molecule has 1 aliphatic heterocycles. The molecule has 7 heteroatoms. The van der Waals surface area contributed by atoms with Crippen molar-refractivity contribution in [2.75, 3.05) is 0 Å². The van der Waals surface area contributed by atoms with Crippen LogP contribution in [-0.4, -0.2) is 13.3 Å². The molecule has 0 saturated carbocycles. The van der Waals surface area contributed by atoms with E-state index < -0.39 is 14.8 Å². The molecule has 2 aromatic rings. The molecule has 0 unspecified atom stereocenters. The Kier molecular flexibility index (Phi) is 2.51. The second-order valence-electron chi connectivity index (χ2n) is 4.05. The molecule has 0 aromatic heterocycles. The van der Waals surface area contributed by atoms with Crippen molar-refractivity contribution < 1.29 is 13.3 Å². The summed E-state index contributed by atoms with van der Waals surface area (Å²) in [6, 6.07) is 9.10. The molecule has 0 atom stereocenters. The number of hydrogen-bond donors (Lipinski definition) is 0. The van der Waals surface area contributed by atoms with Gasteiger partial charge in [-0.3, -0.25) is 10.1 Å². The molecule has 0 saturated heterocycles. The van der Waals surface area contributed by atoms with Gasteiger partial charge in [0.2, 0.25) is 9.84 Å². The van der Waals surface area contributed by atoms with Crippen molar-refractivity contribution >= 4 is 31.5 Å². The number of halogens is 1. The molecular weight excluding hydrogens is 334 g/mol. The second kappa shape index (κ2) is 3.88. The van der Waals surface area contributed by atoms with E-state index in [4.69, 9.17) is 0 Å². The van der Waals surface area contributed by atoms with Crippen LogP contribution < -0.4 is 0 Å². The summed E-state index contributed by atoms with van der Waals surface area (Å²) in [7, 11) is -3.83. The highest BCUT2D eigenvalue weighted by Crippen LogP contribution is 2.47. The third-order valence-electron chi connectivity index (χ3n) is 2.98. The van der Waals surface area contributed by atoms with Gasteiger partial charge in [-0.2, -0.15) is 0 Å². The van der Waals surface area contributed by atoms with Gasteiger partial charge < -0.3 is 0 Å². The molecule has 0 fully saturated rings. The number of sulfone groups is 1. The van der Waals surface area contributed by atoms with E-state index in [1.165, 1.54) is 18.2 Å². The van der Waals surface area contributed by atoms with Crippen LogP contribution in [0.3, 0.4) is 0 Å². The van der Waals surface area contributed by atoms with Crippen molar-refractivity contribution in [3.63, 3.8) is 0 Å². The molecule has 0 amide bonds. The first-order chi connectivity index (χ1) is 8.93. The standard InChI is InChI=1S/C12H6BrNO4S/c13-7-4-5-8-9-2-1-3-10(14(15)16)12(9)19(17,18)11(8)6-7/h1-6H. The Labute approximate surface area is 117 Å². The van der Waals surface area contributed by atoms with Gasteiger partial charge in [0, 0.05) is 21.7 Å². The van der Waals surface area contributed by atoms with E-state index in [1.807, 2.05) is 0 Å². The number of fused-ring (bicyclic) bond motifs is 3. The highest BCUT2D eigenvalue weighted by molar-refractivity contribution is 9.10. The lowest BCUT2D eigenvalue weighted by Crippen LogP contribution is -2.01. The summed E-state index contributed by atoms with van der Waals surface area (Å²) in [6.07, 6.45) is 0. The van der Waals surface area contributed by atoms with Gasteiger partial charge >= 0.3 is 0 Å². The number of rotatable bonds is 1. The fourth-order valence-corrected chi connectivity index (χ4v) is 4.58. The lowest BCUT2D eigenvalue weighted by atomic mass is 10.1. The van der Waals surface area contributed by atoms with Gasteiger partial charge in [-0.25, -0.2) is 8.42 Å². The van der Waals surface area contributed by atoms with Gasteiger partial charge in [0.25, 0.3) is 5.69 Å². The minimum atomic E-state index is -3.83. The Bertz CT molecular complexity index is 830. The molecule has 2 aromatic carbocycles. The van der Waals surface area contributed by atoms with Crippen LogP contribution in [0.2, 0.25) is 0 Å². The maximum absolute atomic E-state index is 12.4. The van der Waals surface area contributed by atoms with Crippen molar-refractivity contribution in [2.24, 2.45) is 0 Å². The SMILES string of the molecule is O=[N+]([O-])c1cccc2c1S(=O)(=O)c1cc(Br)ccc1-2. The fraction of sp³-hybridized carbons (Fsp3) is 0. The maximum Gasteiger partial charge on any atom is 0.288 e. The van der Waals surface area contributed by atoms with Crippen molar-refractivity contribution in [1.29, 1.82) is 0 Å². The van der Waals surface area contributed by atoms with Crippen LogP contribution in [0.1, 0.15) is 0 Å². The van der Waals surface area contributed by atoms with Crippen LogP contribution in [0.4, 0.5) is 5.69 Å². The van der Waals surface area contributed by atoms with Gasteiger partial charge in [-0.05, 0) is 12.1 Å². The topological polar surface area (TPSA) is 77.3 Å². The number of nitrogens with zero attached hydrogens (tertiary/aromatic N) is 1. The predicted molar refractivity (Wildman–Crippen MR) is 71.7 cm³/mol. The summed E-state index contributed by atoms with van der Waals surface area (Å²) in [4.78, 5) is 10.2. The van der Waals surface area contributed by atoms with E-state index in [0.29, 0.717) is 15.6 Å². The van der Waals surface area contributed by atoms with Crippen LogP contribution in [0.25, 0.3) is 11.1 Å². The average molecular weight is 340 g/mol. The zero-order valence-electron chi connectivity index (χ0n) is 9.33. The van der Waals surface area contributed by atoms with E-state index in [1.54, 1.807) is 18.2 Å². The monoisotopic (exact) mass is 339 g/mol. The van der Waals surface area contributed by atoms with E-state index in [-0.39, 0.29) is 15.5 Å². The van der Waals surface area contributed by atoms with Crippen molar-refractivity contribution in [2.45, 2.75) is 9.79 Å². The third-order valence-corrected chi connectivity index (χ3v) is 5.36. The summed E-state index contributed by atoms with van der Waals surface area (Å²) >= 11 is 3.21. The molecule has 0 aliphatic carbocycles. The Balaban J connectivity index is 2.48. The van der Waals surface area contributed by atoms with Gasteiger partial charge in [0.15, 0.2) is 4.90 Å². The smallest absolute Gasteiger partial charge is 0.258 e. The molecule has 96 valence electrons. The van der Waals surface area contributed by atoms with E-state index in [2.05, 4.69) is 15.9 Å². The molecule has 1 heterocycles. The molecule has 19 heavy (non-hydrogen) atoms. The Hall–Kier alpha value is -1.73. The van der Waals surface area contributed by atoms with Crippen LogP contribution >= 0.6 is 15.9 Å². The average Bonchev–Trinajstić information content (AvgIpc) is 2.58. The summed E-state index contributed by atoms with van der Waals surface area (Å²) < 4.78 is 25.5. The third kappa shape index (κ3) is 1.62. The van der Waals surface area contributed by atoms with Crippen LogP contribution in [0, 0.1) is 10.1 Å². The highest BCUT2D eigenvalue weighted by atomic mass is 79.9. The second-order valence-corrected chi connectivity index (χ2v) is 6.83. The minimum absolute atomic E-state index is 0.103. The number of benzene rings is 2. The molecule has 0 N–H and O–H groups in total. The summed E-state index contributed by atoms with van der Waals surface area (Å²) in [5.41, 5.74) is 0.503. The normalized spacial score (nSPS) is 14.8. The highest BCUT2D eigenvalue weighted by Gasteiger charge is 2.39. The molecular formula is C12H6BrNO4S. The first kappa shape index (κ1) is 12.3. The van der Waals surface area contributed by atoms with Crippen molar-refractivity contribution in [1.82, 2.24) is 0 Å². The first-order valence-electron chi connectivity index (χ1n) is 5.25. The van der Waals surface area contributed by atoms with Crippen LogP contribution in [0.15, 0.2) is 50.7 Å². The molecule has 0 bridgehead atoms.